The molecule has 1 aromatic heterocycles. The van der Waals surface area contributed by atoms with Crippen molar-refractivity contribution in [1.82, 2.24) is 9.55 Å². The van der Waals surface area contributed by atoms with Crippen molar-refractivity contribution in [3.05, 3.63) is 28.8 Å². The highest BCUT2D eigenvalue weighted by molar-refractivity contribution is 6.31. The molecule has 1 unspecified atom stereocenters. The number of aromatic nitrogens is 2. The van der Waals surface area contributed by atoms with Crippen LogP contribution >= 0.6 is 23.2 Å². The molecule has 0 aliphatic heterocycles. The fourth-order valence-corrected chi connectivity index (χ4v) is 3.33. The number of halogens is 3. The van der Waals surface area contributed by atoms with Gasteiger partial charge >= 0.3 is 0 Å². The SMILES string of the molecule is CCC(CC1CC1)n1c(CCCl)nc2cc(Cl)c(F)cc21. The Bertz CT molecular complexity index is 649. The topological polar surface area (TPSA) is 17.8 Å². The summed E-state index contributed by atoms with van der Waals surface area (Å²) in [4.78, 5) is 4.63. The van der Waals surface area contributed by atoms with Gasteiger partial charge in [0.1, 0.15) is 11.6 Å². The summed E-state index contributed by atoms with van der Waals surface area (Å²) in [6, 6.07) is 3.49. The van der Waals surface area contributed by atoms with E-state index in [2.05, 4.69) is 16.5 Å². The van der Waals surface area contributed by atoms with Gasteiger partial charge in [-0.1, -0.05) is 31.4 Å². The average molecular weight is 329 g/mol. The minimum atomic E-state index is -0.385. The first kappa shape index (κ1) is 15.1. The van der Waals surface area contributed by atoms with E-state index in [1.807, 2.05) is 0 Å². The Labute approximate surface area is 134 Å². The highest BCUT2D eigenvalue weighted by Crippen LogP contribution is 2.39. The zero-order valence-electron chi connectivity index (χ0n) is 12.1. The second kappa shape index (κ2) is 6.13. The molecule has 5 heteroatoms. The van der Waals surface area contributed by atoms with E-state index in [-0.39, 0.29) is 10.8 Å². The molecule has 0 bridgehead atoms. The van der Waals surface area contributed by atoms with Crippen molar-refractivity contribution in [2.24, 2.45) is 5.92 Å². The van der Waals surface area contributed by atoms with E-state index in [1.54, 1.807) is 6.07 Å². The first-order valence-corrected chi connectivity index (χ1v) is 8.47. The van der Waals surface area contributed by atoms with Crippen LogP contribution in [0.2, 0.25) is 5.02 Å². The smallest absolute Gasteiger partial charge is 0.144 e. The van der Waals surface area contributed by atoms with Crippen LogP contribution in [0.3, 0.4) is 0 Å². The number of benzene rings is 1. The molecule has 1 atom stereocenters. The van der Waals surface area contributed by atoms with Crippen molar-refractivity contribution < 1.29 is 4.39 Å². The number of fused-ring (bicyclic) bond motifs is 1. The van der Waals surface area contributed by atoms with E-state index in [9.17, 15) is 4.39 Å². The van der Waals surface area contributed by atoms with Crippen molar-refractivity contribution in [1.29, 1.82) is 0 Å². The highest BCUT2D eigenvalue weighted by Gasteiger charge is 2.27. The molecule has 1 aliphatic carbocycles. The minimum Gasteiger partial charge on any atom is -0.325 e. The van der Waals surface area contributed by atoms with Crippen molar-refractivity contribution in [3.8, 4) is 0 Å². The maximum atomic E-state index is 13.9. The van der Waals surface area contributed by atoms with Gasteiger partial charge in [-0.3, -0.25) is 0 Å². The number of alkyl halides is 1. The van der Waals surface area contributed by atoms with Crippen LogP contribution in [0, 0.1) is 11.7 Å². The van der Waals surface area contributed by atoms with E-state index < -0.39 is 0 Å². The van der Waals surface area contributed by atoms with Gasteiger partial charge in [-0.15, -0.1) is 11.6 Å². The largest absolute Gasteiger partial charge is 0.325 e. The quantitative estimate of drug-likeness (QED) is 0.652. The molecule has 1 saturated carbocycles. The van der Waals surface area contributed by atoms with Gasteiger partial charge in [-0.2, -0.15) is 0 Å². The molecular weight excluding hydrogens is 310 g/mol. The van der Waals surface area contributed by atoms with Crippen LogP contribution < -0.4 is 0 Å². The molecule has 1 heterocycles. The van der Waals surface area contributed by atoms with Gasteiger partial charge < -0.3 is 4.57 Å². The molecule has 114 valence electrons. The van der Waals surface area contributed by atoms with E-state index in [4.69, 9.17) is 23.2 Å². The van der Waals surface area contributed by atoms with Gasteiger partial charge in [0.05, 0.1) is 16.1 Å². The average Bonchev–Trinajstić information content (AvgIpc) is 3.21. The summed E-state index contributed by atoms with van der Waals surface area (Å²) in [6.45, 7) is 2.18. The maximum absolute atomic E-state index is 13.9. The normalized spacial score (nSPS) is 16.6. The van der Waals surface area contributed by atoms with E-state index in [1.165, 1.54) is 18.9 Å². The summed E-state index contributed by atoms with van der Waals surface area (Å²) in [5.41, 5.74) is 1.60. The Kier molecular flexibility index (Phi) is 4.41. The van der Waals surface area contributed by atoms with E-state index >= 15 is 0 Å². The third kappa shape index (κ3) is 3.04. The number of nitrogens with zero attached hydrogens (tertiary/aromatic N) is 2. The Morgan fingerprint density at radius 3 is 2.81 bits per heavy atom. The molecular formula is C16H19Cl2FN2. The van der Waals surface area contributed by atoms with E-state index in [0.29, 0.717) is 18.3 Å². The standard InChI is InChI=1S/C16H19Cl2FN2/c1-2-11(7-10-3-4-10)21-15-9-13(19)12(18)8-14(15)20-16(21)5-6-17/h8-11H,2-7H2,1H3. The summed E-state index contributed by atoms with van der Waals surface area (Å²) in [5.74, 6) is 1.88. The molecule has 21 heavy (non-hydrogen) atoms. The summed E-state index contributed by atoms with van der Waals surface area (Å²) in [6.07, 6.45) is 5.47. The van der Waals surface area contributed by atoms with Crippen LogP contribution in [0.4, 0.5) is 4.39 Å². The first-order chi connectivity index (χ1) is 10.1. The van der Waals surface area contributed by atoms with Gasteiger partial charge in [0.25, 0.3) is 0 Å². The molecule has 0 spiro atoms. The number of aryl methyl sites for hydroxylation is 1. The second-order valence-electron chi connectivity index (χ2n) is 5.83. The fourth-order valence-electron chi connectivity index (χ4n) is 3.00. The van der Waals surface area contributed by atoms with Crippen LogP contribution in [0.1, 0.15) is 44.5 Å². The van der Waals surface area contributed by atoms with Crippen molar-refractivity contribution in [2.75, 3.05) is 5.88 Å². The number of hydrogen-bond acceptors (Lipinski definition) is 1. The zero-order valence-corrected chi connectivity index (χ0v) is 13.6. The molecule has 0 N–H and O–H groups in total. The highest BCUT2D eigenvalue weighted by atomic mass is 35.5. The van der Waals surface area contributed by atoms with Crippen LogP contribution in [-0.2, 0) is 6.42 Å². The summed E-state index contributed by atoms with van der Waals surface area (Å²) in [7, 11) is 0. The second-order valence-corrected chi connectivity index (χ2v) is 6.62. The lowest BCUT2D eigenvalue weighted by Crippen LogP contribution is -2.13. The van der Waals surface area contributed by atoms with Gasteiger partial charge in [-0.05, 0) is 24.8 Å². The van der Waals surface area contributed by atoms with Crippen LogP contribution in [0.25, 0.3) is 11.0 Å². The summed E-state index contributed by atoms with van der Waals surface area (Å²) >= 11 is 11.8. The monoisotopic (exact) mass is 328 g/mol. The third-order valence-electron chi connectivity index (χ3n) is 4.26. The molecule has 3 rings (SSSR count). The number of imidazole rings is 1. The minimum absolute atomic E-state index is 0.125. The molecule has 1 fully saturated rings. The molecule has 0 radical (unpaired) electrons. The summed E-state index contributed by atoms with van der Waals surface area (Å²) in [5, 5.41) is 0.125. The molecule has 0 saturated heterocycles. The van der Waals surface area contributed by atoms with Crippen molar-refractivity contribution in [3.63, 3.8) is 0 Å². The fraction of sp³-hybridized carbons (Fsp3) is 0.562. The van der Waals surface area contributed by atoms with E-state index in [0.717, 1.165) is 35.6 Å². The summed E-state index contributed by atoms with van der Waals surface area (Å²) < 4.78 is 16.1. The Hall–Kier alpha value is -0.800. The van der Waals surface area contributed by atoms with Crippen LogP contribution in [0.5, 0.6) is 0 Å². The van der Waals surface area contributed by atoms with Crippen LogP contribution in [0.15, 0.2) is 12.1 Å². The predicted molar refractivity (Wildman–Crippen MR) is 85.8 cm³/mol. The van der Waals surface area contributed by atoms with Gasteiger partial charge in [0, 0.05) is 24.4 Å². The first-order valence-electron chi connectivity index (χ1n) is 7.55. The van der Waals surface area contributed by atoms with Gasteiger partial charge in [0.2, 0.25) is 0 Å². The zero-order chi connectivity index (χ0) is 15.0. The van der Waals surface area contributed by atoms with Crippen LogP contribution in [-0.4, -0.2) is 15.4 Å². The third-order valence-corrected chi connectivity index (χ3v) is 4.74. The number of rotatable bonds is 6. The molecule has 1 aliphatic rings. The molecule has 2 aromatic rings. The van der Waals surface area contributed by atoms with Gasteiger partial charge in [-0.25, -0.2) is 9.37 Å². The Balaban J connectivity index is 2.11. The Morgan fingerprint density at radius 1 is 1.43 bits per heavy atom. The molecule has 0 amide bonds. The van der Waals surface area contributed by atoms with Gasteiger partial charge in [0.15, 0.2) is 0 Å². The number of hydrogen-bond donors (Lipinski definition) is 0. The van der Waals surface area contributed by atoms with Crippen molar-refractivity contribution in [2.45, 2.75) is 45.1 Å². The molecule has 2 nitrogen and oxygen atoms in total. The van der Waals surface area contributed by atoms with Crippen molar-refractivity contribution >= 4 is 34.2 Å². The molecule has 1 aromatic carbocycles. The lowest BCUT2D eigenvalue weighted by molar-refractivity contribution is 0.426. The lowest BCUT2D eigenvalue weighted by Gasteiger charge is -2.20. The predicted octanol–water partition coefficient (Wildman–Crippen LogP) is 5.36. The Morgan fingerprint density at radius 2 is 2.19 bits per heavy atom. The maximum Gasteiger partial charge on any atom is 0.144 e. The lowest BCUT2D eigenvalue weighted by atomic mass is 10.1.